The van der Waals surface area contributed by atoms with Gasteiger partial charge in [-0.05, 0) is 26.0 Å². The lowest BCUT2D eigenvalue weighted by Crippen LogP contribution is -2.13. The molecular weight excluding hydrogens is 232 g/mol. The average molecular weight is 241 g/mol. The van der Waals surface area contributed by atoms with Crippen LogP contribution in [-0.2, 0) is 0 Å². The number of hydrogen-bond donors (Lipinski definition) is 1. The molecule has 0 radical (unpaired) electrons. The van der Waals surface area contributed by atoms with E-state index in [-0.39, 0.29) is 5.56 Å². The Kier molecular flexibility index (Phi) is 2.63. The molecule has 1 N–H and O–H groups in total. The van der Waals surface area contributed by atoms with Crippen molar-refractivity contribution in [2.24, 2.45) is 0 Å². The average Bonchev–Trinajstić information content (AvgIpc) is 2.60. The fraction of sp³-hybridized carbons (Fsp3) is 0.200. The lowest BCUT2D eigenvalue weighted by molar-refractivity contribution is 1.04. The van der Waals surface area contributed by atoms with Crippen LogP contribution in [0.15, 0.2) is 16.9 Å². The quantitative estimate of drug-likeness (QED) is 0.833. The van der Waals surface area contributed by atoms with Gasteiger partial charge < -0.3 is 4.98 Å². The number of rotatable bonds is 1. The molecule has 0 bridgehead atoms. The number of aromatic nitrogens is 2. The van der Waals surface area contributed by atoms with Gasteiger partial charge >= 0.3 is 0 Å². The van der Waals surface area contributed by atoms with Crippen LogP contribution < -0.4 is 5.56 Å². The first-order valence-electron chi connectivity index (χ1n) is 4.41. The third kappa shape index (κ3) is 1.96. The van der Waals surface area contributed by atoms with E-state index in [1.165, 1.54) is 11.3 Å². The van der Waals surface area contributed by atoms with Crippen LogP contribution in [-0.4, -0.2) is 9.97 Å². The maximum Gasteiger partial charge on any atom is 0.254 e. The van der Waals surface area contributed by atoms with Gasteiger partial charge in [0.05, 0.1) is 9.21 Å². The van der Waals surface area contributed by atoms with Crippen LogP contribution in [0, 0.1) is 13.8 Å². The number of nitrogens with zero attached hydrogens (tertiary/aromatic N) is 1. The molecule has 0 atom stereocenters. The van der Waals surface area contributed by atoms with Gasteiger partial charge in [0, 0.05) is 11.3 Å². The van der Waals surface area contributed by atoms with Crippen LogP contribution in [0.2, 0.25) is 4.34 Å². The zero-order valence-corrected chi connectivity index (χ0v) is 9.87. The van der Waals surface area contributed by atoms with Gasteiger partial charge in [0.15, 0.2) is 5.82 Å². The normalized spacial score (nSPS) is 10.6. The molecule has 0 aromatic carbocycles. The summed E-state index contributed by atoms with van der Waals surface area (Å²) in [6, 6.07) is 3.64. The van der Waals surface area contributed by atoms with Gasteiger partial charge in [0.1, 0.15) is 0 Å². The molecule has 0 amide bonds. The lowest BCUT2D eigenvalue weighted by atomic mass is 10.2. The van der Waals surface area contributed by atoms with Gasteiger partial charge in [-0.1, -0.05) is 11.6 Å². The summed E-state index contributed by atoms with van der Waals surface area (Å²) in [6.07, 6.45) is 0. The summed E-state index contributed by atoms with van der Waals surface area (Å²) in [5, 5.41) is 0. The van der Waals surface area contributed by atoms with Crippen molar-refractivity contribution in [2.45, 2.75) is 13.8 Å². The van der Waals surface area contributed by atoms with Gasteiger partial charge in [0.25, 0.3) is 5.56 Å². The highest BCUT2D eigenvalue weighted by Gasteiger charge is 2.07. The first-order valence-corrected chi connectivity index (χ1v) is 5.60. The van der Waals surface area contributed by atoms with E-state index in [2.05, 4.69) is 9.97 Å². The van der Waals surface area contributed by atoms with E-state index in [1.807, 2.05) is 13.0 Å². The maximum absolute atomic E-state index is 11.5. The highest BCUT2D eigenvalue weighted by molar-refractivity contribution is 7.19. The van der Waals surface area contributed by atoms with E-state index in [1.54, 1.807) is 13.0 Å². The Balaban J connectivity index is 2.60. The van der Waals surface area contributed by atoms with E-state index < -0.39 is 0 Å². The molecule has 15 heavy (non-hydrogen) atoms. The first kappa shape index (κ1) is 10.4. The predicted octanol–water partition coefficient (Wildman–Crippen LogP) is 2.77. The fourth-order valence-corrected chi connectivity index (χ4v) is 2.19. The molecule has 2 heterocycles. The molecule has 5 heteroatoms. The van der Waals surface area contributed by atoms with E-state index in [9.17, 15) is 4.79 Å². The second kappa shape index (κ2) is 3.79. The minimum absolute atomic E-state index is 0.0953. The Bertz CT molecular complexity index is 559. The number of thiophene rings is 1. The van der Waals surface area contributed by atoms with Crippen molar-refractivity contribution in [2.75, 3.05) is 0 Å². The minimum atomic E-state index is -0.0953. The highest BCUT2D eigenvalue weighted by Crippen LogP contribution is 2.28. The van der Waals surface area contributed by atoms with Gasteiger partial charge in [-0.25, -0.2) is 4.98 Å². The zero-order chi connectivity index (χ0) is 11.0. The van der Waals surface area contributed by atoms with Crippen LogP contribution >= 0.6 is 22.9 Å². The molecule has 0 aliphatic heterocycles. The van der Waals surface area contributed by atoms with Gasteiger partial charge in [-0.3, -0.25) is 4.79 Å². The molecule has 3 nitrogen and oxygen atoms in total. The molecule has 0 unspecified atom stereocenters. The van der Waals surface area contributed by atoms with E-state index in [4.69, 9.17) is 11.6 Å². The maximum atomic E-state index is 11.5. The van der Waals surface area contributed by atoms with Crippen LogP contribution in [0.5, 0.6) is 0 Å². The summed E-state index contributed by atoms with van der Waals surface area (Å²) >= 11 is 7.22. The van der Waals surface area contributed by atoms with Gasteiger partial charge in [-0.15, -0.1) is 11.3 Å². The smallest absolute Gasteiger partial charge is 0.254 e. The zero-order valence-electron chi connectivity index (χ0n) is 8.30. The summed E-state index contributed by atoms with van der Waals surface area (Å²) in [7, 11) is 0. The van der Waals surface area contributed by atoms with Crippen LogP contribution in [0.1, 0.15) is 11.3 Å². The van der Waals surface area contributed by atoms with Gasteiger partial charge in [0.2, 0.25) is 0 Å². The predicted molar refractivity (Wildman–Crippen MR) is 62.7 cm³/mol. The molecule has 0 saturated heterocycles. The van der Waals surface area contributed by atoms with Gasteiger partial charge in [-0.2, -0.15) is 0 Å². The van der Waals surface area contributed by atoms with Crippen LogP contribution in [0.3, 0.4) is 0 Å². The Labute approximate surface area is 95.8 Å². The largest absolute Gasteiger partial charge is 0.306 e. The van der Waals surface area contributed by atoms with Crippen molar-refractivity contribution < 1.29 is 0 Å². The third-order valence-electron chi connectivity index (χ3n) is 2.20. The number of aryl methyl sites for hydroxylation is 1. The van der Waals surface area contributed by atoms with E-state index in [0.717, 1.165) is 10.6 Å². The molecule has 0 aliphatic rings. The molecular formula is C10H9ClN2OS. The van der Waals surface area contributed by atoms with E-state index >= 15 is 0 Å². The Morgan fingerprint density at radius 3 is 2.67 bits per heavy atom. The molecule has 2 aromatic heterocycles. The van der Waals surface area contributed by atoms with Crippen molar-refractivity contribution in [3.05, 3.63) is 38.1 Å². The second-order valence-corrected chi connectivity index (χ2v) is 4.94. The van der Waals surface area contributed by atoms with Crippen molar-refractivity contribution in [1.29, 1.82) is 0 Å². The Morgan fingerprint density at radius 1 is 1.40 bits per heavy atom. The monoisotopic (exact) mass is 240 g/mol. The third-order valence-corrected chi connectivity index (χ3v) is 3.44. The van der Waals surface area contributed by atoms with Crippen molar-refractivity contribution in [3.8, 4) is 10.7 Å². The molecule has 0 saturated carbocycles. The molecule has 2 aromatic rings. The number of halogens is 1. The topological polar surface area (TPSA) is 45.8 Å². The second-order valence-electron chi connectivity index (χ2n) is 3.23. The van der Waals surface area contributed by atoms with E-state index in [0.29, 0.717) is 15.7 Å². The summed E-state index contributed by atoms with van der Waals surface area (Å²) < 4.78 is 0.686. The van der Waals surface area contributed by atoms with Crippen molar-refractivity contribution >= 4 is 22.9 Å². The van der Waals surface area contributed by atoms with Crippen molar-refractivity contribution in [1.82, 2.24) is 9.97 Å². The number of aromatic amines is 1. The molecule has 0 aliphatic carbocycles. The standard InChI is InChI=1S/C10H9ClN2OS/c1-5-6(2)12-9(13-10(5)14)7-3-4-8(11)15-7/h3-4H,1-2H3,(H,12,13,14). The van der Waals surface area contributed by atoms with Crippen LogP contribution in [0.25, 0.3) is 10.7 Å². The van der Waals surface area contributed by atoms with Crippen molar-refractivity contribution in [3.63, 3.8) is 0 Å². The van der Waals surface area contributed by atoms with Crippen LogP contribution in [0.4, 0.5) is 0 Å². The molecule has 0 fully saturated rings. The highest BCUT2D eigenvalue weighted by atomic mass is 35.5. The summed E-state index contributed by atoms with van der Waals surface area (Å²) in [5.74, 6) is 0.583. The number of nitrogens with one attached hydrogen (secondary N) is 1. The first-order chi connectivity index (χ1) is 7.08. The number of hydrogen-bond acceptors (Lipinski definition) is 3. The summed E-state index contributed by atoms with van der Waals surface area (Å²) in [6.45, 7) is 3.58. The minimum Gasteiger partial charge on any atom is -0.306 e. The Hall–Kier alpha value is -1.13. The number of H-pyrrole nitrogens is 1. The Morgan fingerprint density at radius 2 is 2.13 bits per heavy atom. The lowest BCUT2D eigenvalue weighted by Gasteiger charge is -2.01. The molecule has 2 rings (SSSR count). The SMILES string of the molecule is Cc1nc(-c2ccc(Cl)s2)[nH]c(=O)c1C. The molecule has 0 spiro atoms. The summed E-state index contributed by atoms with van der Waals surface area (Å²) in [5.41, 5.74) is 1.31. The summed E-state index contributed by atoms with van der Waals surface area (Å²) in [4.78, 5) is 19.4. The fourth-order valence-electron chi connectivity index (χ4n) is 1.20. The molecule has 78 valence electrons.